The first-order valence-electron chi connectivity index (χ1n) is 11.4. The van der Waals surface area contributed by atoms with Gasteiger partial charge in [0.1, 0.15) is 0 Å². The molecule has 206 valence electrons. The maximum atomic E-state index is 11.5. The SMILES string of the molecule is COCC1CCN(c2ncc(-c3cccc(CNC(=O)N=C(N)N)c3)cn2)C1.O=C(O)C(O)C(O)C(=O)O. The highest BCUT2D eigenvalue weighted by Gasteiger charge is 2.29. The van der Waals surface area contributed by atoms with Crippen LogP contribution in [0.25, 0.3) is 11.1 Å². The molecule has 1 saturated heterocycles. The molecule has 9 N–H and O–H groups in total. The molecule has 2 heterocycles. The zero-order chi connectivity index (χ0) is 28.2. The van der Waals surface area contributed by atoms with Crippen LogP contribution < -0.4 is 21.7 Å². The summed E-state index contributed by atoms with van der Waals surface area (Å²) in [5, 5.41) is 35.2. The number of anilines is 1. The second-order valence-electron chi connectivity index (χ2n) is 8.29. The van der Waals surface area contributed by atoms with E-state index in [-0.39, 0.29) is 5.96 Å². The third-order valence-corrected chi connectivity index (χ3v) is 5.35. The van der Waals surface area contributed by atoms with Gasteiger partial charge in [0.05, 0.1) is 6.61 Å². The van der Waals surface area contributed by atoms with Crippen LogP contribution in [0.15, 0.2) is 41.7 Å². The van der Waals surface area contributed by atoms with Crippen molar-refractivity contribution in [3.63, 3.8) is 0 Å². The number of guanidine groups is 1. The third-order valence-electron chi connectivity index (χ3n) is 5.35. The molecule has 3 atom stereocenters. The number of urea groups is 1. The number of hydrogen-bond acceptors (Lipinski definition) is 9. The number of benzene rings is 1. The molecule has 0 saturated carbocycles. The molecule has 1 aliphatic heterocycles. The normalized spacial score (nSPS) is 16.0. The van der Waals surface area contributed by atoms with Crippen molar-refractivity contribution in [1.82, 2.24) is 15.3 Å². The Kier molecular flexibility index (Phi) is 11.3. The maximum Gasteiger partial charge on any atom is 0.344 e. The van der Waals surface area contributed by atoms with Crippen molar-refractivity contribution in [2.45, 2.75) is 25.2 Å². The largest absolute Gasteiger partial charge is 0.479 e. The van der Waals surface area contributed by atoms with E-state index in [2.05, 4.69) is 25.2 Å². The molecule has 1 aromatic heterocycles. The third kappa shape index (κ3) is 9.27. The molecule has 3 rings (SSSR count). The van der Waals surface area contributed by atoms with Crippen LogP contribution in [-0.4, -0.2) is 93.3 Å². The molecule has 15 heteroatoms. The van der Waals surface area contributed by atoms with Gasteiger partial charge in [-0.1, -0.05) is 18.2 Å². The van der Waals surface area contributed by atoms with E-state index >= 15 is 0 Å². The van der Waals surface area contributed by atoms with Gasteiger partial charge in [0.2, 0.25) is 5.95 Å². The highest BCUT2D eigenvalue weighted by atomic mass is 16.5. The van der Waals surface area contributed by atoms with E-state index in [9.17, 15) is 14.4 Å². The van der Waals surface area contributed by atoms with Gasteiger partial charge in [-0.2, -0.15) is 4.99 Å². The lowest BCUT2D eigenvalue weighted by atomic mass is 10.1. The van der Waals surface area contributed by atoms with E-state index in [1.807, 2.05) is 36.7 Å². The first-order valence-corrected chi connectivity index (χ1v) is 11.4. The Hall–Kier alpha value is -4.34. The van der Waals surface area contributed by atoms with E-state index in [0.717, 1.165) is 48.8 Å². The van der Waals surface area contributed by atoms with Gasteiger partial charge in [0, 0.05) is 50.6 Å². The van der Waals surface area contributed by atoms with Crippen LogP contribution in [0, 0.1) is 5.92 Å². The van der Waals surface area contributed by atoms with Crippen molar-refractivity contribution in [3.05, 3.63) is 42.2 Å². The van der Waals surface area contributed by atoms with Gasteiger partial charge >= 0.3 is 18.0 Å². The van der Waals surface area contributed by atoms with Gasteiger partial charge in [0.25, 0.3) is 0 Å². The van der Waals surface area contributed by atoms with Crippen LogP contribution in [-0.2, 0) is 20.9 Å². The van der Waals surface area contributed by atoms with Crippen molar-refractivity contribution in [2.24, 2.45) is 22.4 Å². The predicted molar refractivity (Wildman–Crippen MR) is 135 cm³/mol. The molecular weight excluding hydrogens is 502 g/mol. The fourth-order valence-corrected chi connectivity index (χ4v) is 3.49. The van der Waals surface area contributed by atoms with Gasteiger partial charge in [0.15, 0.2) is 18.2 Å². The predicted octanol–water partition coefficient (Wildman–Crippen LogP) is -1.02. The molecule has 0 aliphatic carbocycles. The van der Waals surface area contributed by atoms with Crippen molar-refractivity contribution in [2.75, 3.05) is 31.7 Å². The molecule has 1 aliphatic rings. The lowest BCUT2D eigenvalue weighted by Gasteiger charge is -2.16. The highest BCUT2D eigenvalue weighted by Crippen LogP contribution is 2.23. The summed E-state index contributed by atoms with van der Waals surface area (Å²) in [5.41, 5.74) is 13.2. The standard InChI is InChI=1S/C19H25N7O2.C4H6O6/c1-28-12-14-5-6-26(11-14)18-22-9-16(10-23-18)15-4-2-3-13(7-15)8-24-19(27)25-17(20)21;5-1(3(7)8)2(6)4(9)10/h2-4,7,9-10,14H,5-6,8,11-12H2,1H3,(H5,20,21,24,25,27);1-2,5-6H,(H,7,8)(H,9,10). The van der Waals surface area contributed by atoms with Gasteiger partial charge in [-0.25, -0.2) is 24.4 Å². The molecule has 15 nitrogen and oxygen atoms in total. The number of aliphatic hydroxyl groups excluding tert-OH is 2. The first-order chi connectivity index (χ1) is 18.0. The number of carboxylic acids is 2. The lowest BCUT2D eigenvalue weighted by molar-refractivity contribution is -0.165. The zero-order valence-corrected chi connectivity index (χ0v) is 20.6. The number of nitrogens with one attached hydrogen (secondary N) is 1. The Morgan fingerprint density at radius 2 is 1.76 bits per heavy atom. The summed E-state index contributed by atoms with van der Waals surface area (Å²) >= 11 is 0. The molecular formula is C23H31N7O8. The number of aliphatic hydroxyl groups is 2. The Labute approximate surface area is 217 Å². The summed E-state index contributed by atoms with van der Waals surface area (Å²) in [6.07, 6.45) is 0.202. The van der Waals surface area contributed by atoms with Crippen LogP contribution in [0.2, 0.25) is 0 Å². The average molecular weight is 534 g/mol. The number of rotatable bonds is 9. The van der Waals surface area contributed by atoms with Crippen LogP contribution >= 0.6 is 0 Å². The second kappa shape index (κ2) is 14.4. The van der Waals surface area contributed by atoms with Crippen molar-refractivity contribution in [3.8, 4) is 11.1 Å². The monoisotopic (exact) mass is 533 g/mol. The number of aliphatic imine (C=N–C) groups is 1. The maximum absolute atomic E-state index is 11.5. The Bertz CT molecular complexity index is 1110. The Morgan fingerprint density at radius 1 is 1.13 bits per heavy atom. The smallest absolute Gasteiger partial charge is 0.344 e. The number of methoxy groups -OCH3 is 1. The van der Waals surface area contributed by atoms with Crippen LogP contribution in [0.4, 0.5) is 10.7 Å². The summed E-state index contributed by atoms with van der Waals surface area (Å²) < 4.78 is 5.24. The molecule has 2 amide bonds. The number of aromatic nitrogens is 2. The van der Waals surface area contributed by atoms with Crippen molar-refractivity contribution in [1.29, 1.82) is 0 Å². The fraction of sp³-hybridized carbons (Fsp3) is 0.391. The minimum atomic E-state index is -2.27. The Morgan fingerprint density at radius 3 is 2.32 bits per heavy atom. The summed E-state index contributed by atoms with van der Waals surface area (Å²) in [6, 6.07) is 7.20. The number of carbonyl (C=O) groups is 3. The number of carbonyl (C=O) groups excluding carboxylic acids is 1. The first kappa shape index (κ1) is 29.9. The fourth-order valence-electron chi connectivity index (χ4n) is 3.49. The summed E-state index contributed by atoms with van der Waals surface area (Å²) in [6.45, 7) is 2.94. The lowest BCUT2D eigenvalue weighted by Crippen LogP contribution is -2.39. The van der Waals surface area contributed by atoms with Crippen LogP contribution in [0.5, 0.6) is 0 Å². The van der Waals surface area contributed by atoms with E-state index in [1.54, 1.807) is 7.11 Å². The second-order valence-corrected chi connectivity index (χ2v) is 8.29. The highest BCUT2D eigenvalue weighted by molar-refractivity contribution is 5.90. The number of amides is 2. The average Bonchev–Trinajstić information content (AvgIpc) is 3.35. The molecule has 2 aromatic rings. The number of carboxylic acid groups (broad SMARTS) is 2. The molecule has 0 radical (unpaired) electrons. The van der Waals surface area contributed by atoms with Crippen LogP contribution in [0.1, 0.15) is 12.0 Å². The van der Waals surface area contributed by atoms with Crippen molar-refractivity contribution >= 4 is 29.9 Å². The zero-order valence-electron chi connectivity index (χ0n) is 20.6. The molecule has 1 fully saturated rings. The number of hydrogen-bond donors (Lipinski definition) is 7. The molecule has 38 heavy (non-hydrogen) atoms. The molecule has 0 spiro atoms. The van der Waals surface area contributed by atoms with E-state index in [1.165, 1.54) is 0 Å². The van der Waals surface area contributed by atoms with Gasteiger partial charge in [-0.05, 0) is 23.6 Å². The van der Waals surface area contributed by atoms with Gasteiger partial charge in [-0.15, -0.1) is 0 Å². The number of aliphatic carboxylic acids is 2. The number of nitrogens with zero attached hydrogens (tertiary/aromatic N) is 4. The Balaban J connectivity index is 0.000000432. The molecule has 0 bridgehead atoms. The molecule has 3 unspecified atom stereocenters. The van der Waals surface area contributed by atoms with E-state index in [4.69, 9.17) is 36.6 Å². The topological polar surface area (TPSA) is 247 Å². The van der Waals surface area contributed by atoms with Gasteiger partial charge < -0.3 is 46.8 Å². The summed E-state index contributed by atoms with van der Waals surface area (Å²) in [5.74, 6) is -2.54. The molecule has 1 aromatic carbocycles. The van der Waals surface area contributed by atoms with E-state index in [0.29, 0.717) is 12.5 Å². The van der Waals surface area contributed by atoms with Crippen molar-refractivity contribution < 1.29 is 39.5 Å². The van der Waals surface area contributed by atoms with Crippen LogP contribution in [0.3, 0.4) is 0 Å². The van der Waals surface area contributed by atoms with E-state index < -0.39 is 30.2 Å². The van der Waals surface area contributed by atoms with Gasteiger partial charge in [-0.3, -0.25) is 0 Å². The quantitative estimate of drug-likeness (QED) is 0.151. The number of nitrogens with two attached hydrogens (primary N) is 2. The summed E-state index contributed by atoms with van der Waals surface area (Å²) in [7, 11) is 1.73. The minimum absolute atomic E-state index is 0.268. The number of ether oxygens (including phenoxy) is 1. The summed E-state index contributed by atoms with van der Waals surface area (Å²) in [4.78, 5) is 45.7. The minimum Gasteiger partial charge on any atom is -0.479 e.